The summed E-state index contributed by atoms with van der Waals surface area (Å²) in [6.45, 7) is 0. The van der Waals surface area contributed by atoms with E-state index in [9.17, 15) is 10.1 Å². The minimum absolute atomic E-state index is 0.0116. The number of hydrogen-bond acceptors (Lipinski definition) is 7. The first-order chi connectivity index (χ1) is 15.8. The molecule has 0 N–H and O–H groups in total. The van der Waals surface area contributed by atoms with Crippen LogP contribution in [0.5, 0.6) is 11.5 Å². The maximum atomic E-state index is 15.2. The summed E-state index contributed by atoms with van der Waals surface area (Å²) in [6, 6.07) is 14.8. The Bertz CT molecular complexity index is 1420. The standard InChI is InChI=1S/C22H11Cl2FN4O4/c23-15-6-12(11-26)7-17(10-15)32-21-18(24)5-4-13(20(21)25)9-19-27-28-22(33-19)14-2-1-3-16(8-14)29(30)31/h1-8,10H,9H2. The third-order valence-electron chi connectivity index (χ3n) is 4.46. The highest BCUT2D eigenvalue weighted by molar-refractivity contribution is 6.32. The van der Waals surface area contributed by atoms with Crippen molar-refractivity contribution in [1.29, 1.82) is 5.26 Å². The highest BCUT2D eigenvalue weighted by atomic mass is 35.5. The minimum Gasteiger partial charge on any atom is -0.453 e. The van der Waals surface area contributed by atoms with Crippen LogP contribution in [0.1, 0.15) is 17.0 Å². The summed E-state index contributed by atoms with van der Waals surface area (Å²) in [5, 5.41) is 28.1. The van der Waals surface area contributed by atoms with Crippen molar-refractivity contribution >= 4 is 28.9 Å². The Balaban J connectivity index is 1.60. The molecule has 0 aliphatic heterocycles. The van der Waals surface area contributed by atoms with Crippen LogP contribution in [0.25, 0.3) is 11.5 Å². The zero-order valence-electron chi connectivity index (χ0n) is 16.5. The number of halogens is 3. The molecule has 0 atom stereocenters. The Morgan fingerprint density at radius 2 is 1.97 bits per heavy atom. The fraction of sp³-hybridized carbons (Fsp3) is 0.0455. The van der Waals surface area contributed by atoms with E-state index in [-0.39, 0.29) is 56.6 Å². The van der Waals surface area contributed by atoms with E-state index in [1.54, 1.807) is 6.07 Å². The molecule has 0 aliphatic carbocycles. The molecule has 0 radical (unpaired) electrons. The van der Waals surface area contributed by atoms with Gasteiger partial charge in [-0.15, -0.1) is 10.2 Å². The van der Waals surface area contributed by atoms with Gasteiger partial charge in [-0.2, -0.15) is 5.26 Å². The van der Waals surface area contributed by atoms with Gasteiger partial charge in [0.15, 0.2) is 11.6 Å². The van der Waals surface area contributed by atoms with Crippen molar-refractivity contribution in [3.8, 4) is 29.0 Å². The minimum atomic E-state index is -0.754. The van der Waals surface area contributed by atoms with Gasteiger partial charge in [0.05, 0.1) is 28.0 Å². The summed E-state index contributed by atoms with van der Waals surface area (Å²) in [6.07, 6.45) is -0.0831. The first kappa shape index (κ1) is 22.2. The van der Waals surface area contributed by atoms with Crippen LogP contribution in [0.3, 0.4) is 0 Å². The van der Waals surface area contributed by atoms with Gasteiger partial charge >= 0.3 is 0 Å². The number of ether oxygens (including phenoxy) is 1. The molecule has 1 heterocycles. The predicted octanol–water partition coefficient (Wildman–Crippen LogP) is 6.35. The Morgan fingerprint density at radius 1 is 1.15 bits per heavy atom. The Kier molecular flexibility index (Phi) is 6.22. The van der Waals surface area contributed by atoms with E-state index >= 15 is 4.39 Å². The summed E-state index contributed by atoms with van der Waals surface area (Å²) in [7, 11) is 0. The molecule has 4 aromatic rings. The molecule has 1 aromatic heterocycles. The van der Waals surface area contributed by atoms with Gasteiger partial charge < -0.3 is 9.15 Å². The number of aromatic nitrogens is 2. The third kappa shape index (κ3) is 4.92. The van der Waals surface area contributed by atoms with Crippen LogP contribution < -0.4 is 4.74 Å². The molecule has 8 nitrogen and oxygen atoms in total. The Morgan fingerprint density at radius 3 is 2.73 bits per heavy atom. The number of hydrogen-bond donors (Lipinski definition) is 0. The van der Waals surface area contributed by atoms with Crippen molar-refractivity contribution < 1.29 is 18.5 Å². The van der Waals surface area contributed by atoms with Gasteiger partial charge in [-0.25, -0.2) is 4.39 Å². The van der Waals surface area contributed by atoms with Crippen LogP contribution >= 0.6 is 23.2 Å². The van der Waals surface area contributed by atoms with Gasteiger partial charge in [-0.3, -0.25) is 10.1 Å². The molecule has 0 spiro atoms. The number of benzene rings is 3. The molecule has 0 bridgehead atoms. The second kappa shape index (κ2) is 9.24. The molecule has 0 unspecified atom stereocenters. The van der Waals surface area contributed by atoms with Crippen molar-refractivity contribution in [2.75, 3.05) is 0 Å². The molecule has 0 fully saturated rings. The monoisotopic (exact) mass is 484 g/mol. The largest absolute Gasteiger partial charge is 0.453 e. The Labute approximate surface area is 195 Å². The maximum absolute atomic E-state index is 15.2. The number of nitro benzene ring substituents is 1. The number of rotatable bonds is 6. The topological polar surface area (TPSA) is 115 Å². The van der Waals surface area contributed by atoms with Crippen molar-refractivity contribution in [3.63, 3.8) is 0 Å². The summed E-state index contributed by atoms with van der Waals surface area (Å²) in [5.41, 5.74) is 0.632. The number of non-ortho nitro benzene ring substituents is 1. The zero-order chi connectivity index (χ0) is 23.5. The molecule has 0 saturated carbocycles. The highest BCUT2D eigenvalue weighted by Crippen LogP contribution is 2.36. The van der Waals surface area contributed by atoms with Crippen LogP contribution in [-0.4, -0.2) is 15.1 Å². The van der Waals surface area contributed by atoms with Gasteiger partial charge in [0.25, 0.3) is 5.69 Å². The van der Waals surface area contributed by atoms with Crippen molar-refractivity contribution in [2.24, 2.45) is 0 Å². The summed E-state index contributed by atoms with van der Waals surface area (Å²) in [4.78, 5) is 10.4. The van der Waals surface area contributed by atoms with Crippen LogP contribution in [0.15, 0.2) is 59.0 Å². The van der Waals surface area contributed by atoms with E-state index in [1.807, 2.05) is 6.07 Å². The predicted molar refractivity (Wildman–Crippen MR) is 117 cm³/mol. The van der Waals surface area contributed by atoms with Gasteiger partial charge in [-0.1, -0.05) is 35.3 Å². The van der Waals surface area contributed by atoms with Crippen LogP contribution in [0.2, 0.25) is 10.0 Å². The summed E-state index contributed by atoms with van der Waals surface area (Å²) >= 11 is 12.1. The van der Waals surface area contributed by atoms with Crippen molar-refractivity contribution in [1.82, 2.24) is 10.2 Å². The van der Waals surface area contributed by atoms with Gasteiger partial charge in [0, 0.05) is 28.3 Å². The second-order valence-corrected chi connectivity index (χ2v) is 7.57. The smallest absolute Gasteiger partial charge is 0.270 e. The lowest BCUT2D eigenvalue weighted by atomic mass is 10.1. The van der Waals surface area contributed by atoms with Crippen molar-refractivity contribution in [2.45, 2.75) is 6.42 Å². The van der Waals surface area contributed by atoms with Crippen molar-refractivity contribution in [3.05, 3.63) is 97.6 Å². The zero-order valence-corrected chi connectivity index (χ0v) is 18.0. The molecule has 0 saturated heterocycles. The lowest BCUT2D eigenvalue weighted by Gasteiger charge is -2.11. The average molecular weight is 485 g/mol. The number of nitriles is 1. The van der Waals surface area contributed by atoms with Crippen LogP contribution in [0, 0.1) is 27.3 Å². The normalized spacial score (nSPS) is 10.6. The quantitative estimate of drug-likeness (QED) is 0.231. The first-order valence-electron chi connectivity index (χ1n) is 9.26. The number of nitrogens with zero attached hydrogens (tertiary/aromatic N) is 4. The lowest BCUT2D eigenvalue weighted by molar-refractivity contribution is -0.384. The fourth-order valence-electron chi connectivity index (χ4n) is 2.96. The van der Waals surface area contributed by atoms with E-state index in [2.05, 4.69) is 10.2 Å². The molecule has 0 amide bonds. The van der Waals surface area contributed by atoms with E-state index < -0.39 is 10.7 Å². The number of nitro groups is 1. The van der Waals surface area contributed by atoms with Crippen LogP contribution in [-0.2, 0) is 6.42 Å². The summed E-state index contributed by atoms with van der Waals surface area (Å²) in [5.74, 6) is -0.724. The van der Waals surface area contributed by atoms with Crippen LogP contribution in [0.4, 0.5) is 10.1 Å². The molecular weight excluding hydrogens is 474 g/mol. The van der Waals surface area contributed by atoms with E-state index in [0.29, 0.717) is 5.56 Å². The first-order valence-corrected chi connectivity index (χ1v) is 10.0. The molecule has 33 heavy (non-hydrogen) atoms. The molecule has 11 heteroatoms. The van der Waals surface area contributed by atoms with E-state index in [1.165, 1.54) is 48.5 Å². The fourth-order valence-corrected chi connectivity index (χ4v) is 3.37. The molecule has 3 aromatic carbocycles. The SMILES string of the molecule is N#Cc1cc(Cl)cc(Oc2c(Cl)ccc(Cc3nnc(-c4cccc([N+](=O)[O-])c4)o3)c2F)c1. The van der Waals surface area contributed by atoms with E-state index in [4.69, 9.17) is 37.6 Å². The maximum Gasteiger partial charge on any atom is 0.270 e. The second-order valence-electron chi connectivity index (χ2n) is 6.72. The molecule has 164 valence electrons. The van der Waals surface area contributed by atoms with Gasteiger partial charge in [-0.05, 0) is 30.3 Å². The third-order valence-corrected chi connectivity index (χ3v) is 4.98. The molecule has 0 aliphatic rings. The molecular formula is C22H11Cl2FN4O4. The Hall–Kier alpha value is -4.00. The molecule has 4 rings (SSSR count). The van der Waals surface area contributed by atoms with Gasteiger partial charge in [0.2, 0.25) is 11.8 Å². The van der Waals surface area contributed by atoms with Gasteiger partial charge in [0.1, 0.15) is 5.75 Å². The average Bonchev–Trinajstić information content (AvgIpc) is 3.27. The summed E-state index contributed by atoms with van der Waals surface area (Å²) < 4.78 is 26.3. The lowest BCUT2D eigenvalue weighted by Crippen LogP contribution is -1.98. The highest BCUT2D eigenvalue weighted by Gasteiger charge is 2.19. The van der Waals surface area contributed by atoms with E-state index in [0.717, 1.165) is 0 Å².